The number of nitrogens with one attached hydrogen (secondary N) is 1. The van der Waals surface area contributed by atoms with Crippen LogP contribution in [0.1, 0.15) is 24.4 Å². The number of ether oxygens (including phenoxy) is 2. The molecule has 2 aliphatic heterocycles. The van der Waals surface area contributed by atoms with Gasteiger partial charge in [0.25, 0.3) is 0 Å². The van der Waals surface area contributed by atoms with Crippen molar-refractivity contribution in [3.8, 4) is 11.5 Å². The number of urea groups is 1. The second kappa shape index (κ2) is 7.39. The second-order valence-corrected chi connectivity index (χ2v) is 7.10. The van der Waals surface area contributed by atoms with Crippen LogP contribution in [-0.4, -0.2) is 44.8 Å². The molecule has 2 heterocycles. The first-order valence-electron chi connectivity index (χ1n) is 9.37. The van der Waals surface area contributed by atoms with Crippen LogP contribution in [0.3, 0.4) is 0 Å². The van der Waals surface area contributed by atoms with E-state index in [-0.39, 0.29) is 12.1 Å². The number of amides is 2. The number of rotatable bonds is 3. The summed E-state index contributed by atoms with van der Waals surface area (Å²) >= 11 is 0. The highest BCUT2D eigenvalue weighted by Gasteiger charge is 2.31. The normalized spacial score (nSPS) is 18.3. The highest BCUT2D eigenvalue weighted by atomic mass is 16.6. The number of likely N-dealkylation sites (tertiary alicyclic amines) is 1. The van der Waals surface area contributed by atoms with Crippen molar-refractivity contribution in [2.45, 2.75) is 18.9 Å². The first-order chi connectivity index (χ1) is 13.1. The molecule has 0 aromatic heterocycles. The number of nitrogens with zero attached hydrogens (tertiary/aromatic N) is 2. The van der Waals surface area contributed by atoms with Gasteiger partial charge in [-0.05, 0) is 42.7 Å². The number of fused-ring (bicyclic) bond motifs is 1. The summed E-state index contributed by atoms with van der Waals surface area (Å²) in [7, 11) is 4.05. The average molecular weight is 367 g/mol. The largest absolute Gasteiger partial charge is 0.486 e. The van der Waals surface area contributed by atoms with E-state index in [0.717, 1.165) is 25.1 Å². The molecule has 0 radical (unpaired) electrons. The lowest BCUT2D eigenvalue weighted by Gasteiger charge is -2.27. The van der Waals surface area contributed by atoms with Gasteiger partial charge in [-0.1, -0.05) is 18.2 Å². The molecule has 2 aliphatic rings. The van der Waals surface area contributed by atoms with E-state index in [4.69, 9.17) is 9.47 Å². The Morgan fingerprint density at radius 3 is 2.81 bits per heavy atom. The van der Waals surface area contributed by atoms with Crippen LogP contribution in [0.2, 0.25) is 0 Å². The van der Waals surface area contributed by atoms with Crippen molar-refractivity contribution in [2.24, 2.45) is 0 Å². The third kappa shape index (κ3) is 3.52. The Morgan fingerprint density at radius 1 is 1.15 bits per heavy atom. The Labute approximate surface area is 159 Å². The van der Waals surface area contributed by atoms with Gasteiger partial charge in [0, 0.05) is 26.3 Å². The zero-order valence-electron chi connectivity index (χ0n) is 15.8. The first-order valence-corrected chi connectivity index (χ1v) is 9.37. The van der Waals surface area contributed by atoms with Crippen LogP contribution in [0.15, 0.2) is 42.5 Å². The predicted octanol–water partition coefficient (Wildman–Crippen LogP) is 3.89. The topological polar surface area (TPSA) is 54.0 Å². The molecule has 27 heavy (non-hydrogen) atoms. The average Bonchev–Trinajstić information content (AvgIpc) is 3.18. The number of carbonyl (C=O) groups is 1. The molecule has 142 valence electrons. The van der Waals surface area contributed by atoms with E-state index < -0.39 is 0 Å². The standard InChI is InChI=1S/C21H25N3O3/c1-23(2)16-7-3-6-15(14-16)18-9-5-11-24(18)21(25)22-17-8-4-10-19-20(17)27-13-12-26-19/h3-4,6-8,10,14,18H,5,9,11-13H2,1-2H3,(H,22,25). The van der Waals surface area contributed by atoms with Gasteiger partial charge in [-0.2, -0.15) is 0 Å². The minimum Gasteiger partial charge on any atom is -0.486 e. The summed E-state index contributed by atoms with van der Waals surface area (Å²) in [5, 5.41) is 3.02. The van der Waals surface area contributed by atoms with Crippen LogP contribution < -0.4 is 19.7 Å². The Morgan fingerprint density at radius 2 is 1.96 bits per heavy atom. The van der Waals surface area contributed by atoms with Crippen molar-refractivity contribution in [1.82, 2.24) is 4.90 Å². The summed E-state index contributed by atoms with van der Waals surface area (Å²) in [4.78, 5) is 17.0. The van der Waals surface area contributed by atoms with Gasteiger partial charge in [-0.15, -0.1) is 0 Å². The SMILES string of the molecule is CN(C)c1cccc(C2CCCN2C(=O)Nc2cccc3c2OCCO3)c1. The Hall–Kier alpha value is -2.89. The van der Waals surface area contributed by atoms with Crippen molar-refractivity contribution >= 4 is 17.4 Å². The number of carbonyl (C=O) groups excluding carboxylic acids is 1. The van der Waals surface area contributed by atoms with Crippen molar-refractivity contribution in [1.29, 1.82) is 0 Å². The number of benzene rings is 2. The van der Waals surface area contributed by atoms with Crippen molar-refractivity contribution in [2.75, 3.05) is 44.1 Å². The quantitative estimate of drug-likeness (QED) is 0.894. The Balaban J connectivity index is 1.54. The third-order valence-electron chi connectivity index (χ3n) is 5.09. The zero-order valence-corrected chi connectivity index (χ0v) is 15.8. The maximum Gasteiger partial charge on any atom is 0.322 e. The Kier molecular flexibility index (Phi) is 4.79. The highest BCUT2D eigenvalue weighted by Crippen LogP contribution is 2.39. The van der Waals surface area contributed by atoms with Gasteiger partial charge >= 0.3 is 6.03 Å². The van der Waals surface area contributed by atoms with Gasteiger partial charge < -0.3 is 24.6 Å². The molecule has 4 rings (SSSR count). The summed E-state index contributed by atoms with van der Waals surface area (Å²) in [6.45, 7) is 1.76. The lowest BCUT2D eigenvalue weighted by atomic mass is 10.0. The molecule has 0 saturated carbocycles. The predicted molar refractivity (Wildman–Crippen MR) is 106 cm³/mol. The van der Waals surface area contributed by atoms with Crippen molar-refractivity contribution in [3.05, 3.63) is 48.0 Å². The van der Waals surface area contributed by atoms with Crippen LogP contribution in [-0.2, 0) is 0 Å². The molecule has 2 aromatic rings. The fourth-order valence-electron chi connectivity index (χ4n) is 3.73. The van der Waals surface area contributed by atoms with E-state index in [1.54, 1.807) is 0 Å². The molecular formula is C21H25N3O3. The van der Waals surface area contributed by atoms with E-state index >= 15 is 0 Å². The van der Waals surface area contributed by atoms with E-state index in [1.165, 1.54) is 5.56 Å². The van der Waals surface area contributed by atoms with Crippen LogP contribution in [0.5, 0.6) is 11.5 Å². The second-order valence-electron chi connectivity index (χ2n) is 7.10. The van der Waals surface area contributed by atoms with Crippen LogP contribution in [0.4, 0.5) is 16.2 Å². The summed E-state index contributed by atoms with van der Waals surface area (Å²) in [6, 6.07) is 14.0. The van der Waals surface area contributed by atoms with Gasteiger partial charge in [0.1, 0.15) is 13.2 Å². The van der Waals surface area contributed by atoms with Crippen molar-refractivity contribution in [3.63, 3.8) is 0 Å². The van der Waals surface area contributed by atoms with E-state index in [9.17, 15) is 4.79 Å². The highest BCUT2D eigenvalue weighted by molar-refractivity contribution is 5.92. The molecule has 0 aliphatic carbocycles. The van der Waals surface area contributed by atoms with Gasteiger partial charge in [0.15, 0.2) is 11.5 Å². The molecule has 1 fully saturated rings. The lowest BCUT2D eigenvalue weighted by molar-refractivity contribution is 0.172. The number of hydrogen-bond donors (Lipinski definition) is 1. The number of hydrogen-bond acceptors (Lipinski definition) is 4. The molecule has 1 unspecified atom stereocenters. The van der Waals surface area contributed by atoms with Crippen molar-refractivity contribution < 1.29 is 14.3 Å². The fraction of sp³-hybridized carbons (Fsp3) is 0.381. The zero-order chi connectivity index (χ0) is 18.8. The summed E-state index contributed by atoms with van der Waals surface area (Å²) in [5.74, 6) is 1.29. The summed E-state index contributed by atoms with van der Waals surface area (Å²) in [6.07, 6.45) is 1.97. The molecule has 0 spiro atoms. The number of anilines is 2. The minimum absolute atomic E-state index is 0.0848. The fourth-order valence-corrected chi connectivity index (χ4v) is 3.73. The van der Waals surface area contributed by atoms with Gasteiger partial charge in [0.2, 0.25) is 0 Å². The lowest BCUT2D eigenvalue weighted by Crippen LogP contribution is -2.34. The number of para-hydroxylation sites is 1. The van der Waals surface area contributed by atoms with Crippen LogP contribution >= 0.6 is 0 Å². The van der Waals surface area contributed by atoms with Crippen LogP contribution in [0, 0.1) is 0 Å². The minimum atomic E-state index is -0.102. The molecule has 2 aromatic carbocycles. The molecule has 1 atom stereocenters. The molecule has 1 saturated heterocycles. The van der Waals surface area contributed by atoms with E-state index in [2.05, 4.69) is 34.5 Å². The maximum atomic E-state index is 13.0. The monoisotopic (exact) mass is 367 g/mol. The van der Waals surface area contributed by atoms with E-state index in [0.29, 0.717) is 30.4 Å². The molecule has 6 heteroatoms. The maximum absolute atomic E-state index is 13.0. The summed E-state index contributed by atoms with van der Waals surface area (Å²) in [5.41, 5.74) is 2.97. The van der Waals surface area contributed by atoms with Gasteiger partial charge in [0.05, 0.1) is 11.7 Å². The third-order valence-corrected chi connectivity index (χ3v) is 5.09. The first kappa shape index (κ1) is 17.5. The van der Waals surface area contributed by atoms with E-state index in [1.807, 2.05) is 37.2 Å². The smallest absolute Gasteiger partial charge is 0.322 e. The molecule has 0 bridgehead atoms. The van der Waals surface area contributed by atoms with Gasteiger partial charge in [-0.3, -0.25) is 0 Å². The Bertz CT molecular complexity index is 837. The molecule has 2 amide bonds. The molecular weight excluding hydrogens is 342 g/mol. The van der Waals surface area contributed by atoms with Gasteiger partial charge in [-0.25, -0.2) is 4.79 Å². The molecule has 6 nitrogen and oxygen atoms in total. The van der Waals surface area contributed by atoms with Crippen LogP contribution in [0.25, 0.3) is 0 Å². The summed E-state index contributed by atoms with van der Waals surface area (Å²) < 4.78 is 11.3. The molecule has 1 N–H and O–H groups in total.